The van der Waals surface area contributed by atoms with Gasteiger partial charge in [-0.25, -0.2) is 0 Å². The Bertz CT molecular complexity index is 1860. The Morgan fingerprint density at radius 1 is 1.14 bits per heavy atom. The average Bonchev–Trinajstić information content (AvgIpc) is 3.22. The van der Waals surface area contributed by atoms with Crippen LogP contribution in [0.25, 0.3) is 44.0 Å². The zero-order chi connectivity index (χ0) is 24.9. The van der Waals surface area contributed by atoms with E-state index in [0.29, 0.717) is 57.5 Å². The number of nitrogens with zero attached hydrogens (tertiary/aromatic N) is 2. The molecule has 0 unspecified atom stereocenters. The molecule has 0 fully saturated rings. The predicted octanol–water partition coefficient (Wildman–Crippen LogP) is 4.76. The first-order valence-corrected chi connectivity index (χ1v) is 12.3. The van der Waals surface area contributed by atoms with E-state index >= 15 is 0 Å². The van der Waals surface area contributed by atoms with Crippen LogP contribution in [0, 0.1) is 12.3 Å². The molecule has 0 saturated carbocycles. The van der Waals surface area contributed by atoms with Crippen LogP contribution in [0.5, 0.6) is 5.75 Å². The van der Waals surface area contributed by atoms with Crippen molar-refractivity contribution in [2.75, 3.05) is 6.61 Å². The molecule has 0 spiro atoms. The van der Waals surface area contributed by atoms with Gasteiger partial charge in [-0.3, -0.25) is 9.78 Å². The number of ether oxygens (including phenoxy) is 1. The molecule has 5 rings (SSSR count). The van der Waals surface area contributed by atoms with E-state index in [4.69, 9.17) is 11.2 Å². The van der Waals surface area contributed by atoms with Gasteiger partial charge >= 0.3 is 10.2 Å². The van der Waals surface area contributed by atoms with Crippen LogP contribution in [0.2, 0.25) is 0 Å². The van der Waals surface area contributed by atoms with Gasteiger partial charge in [0.2, 0.25) is 0 Å². The first-order valence-electron chi connectivity index (χ1n) is 10.9. The standard InChI is InChI=1S/C26H20FN3O4S/c1-4-15-7-8-18-21(9-15)29-26-24(18)25(31)20-12-23(34-6-3)19(11-22(20)30(26)5-2)16-10-17(14-28-13-16)35(27,32)33/h1,7-14,29H,5-6H2,2-3H3. The fraction of sp³-hybridized carbons (Fsp3) is 0.154. The van der Waals surface area contributed by atoms with Crippen molar-refractivity contribution in [3.8, 4) is 29.2 Å². The van der Waals surface area contributed by atoms with Gasteiger partial charge in [-0.05, 0) is 44.2 Å². The van der Waals surface area contributed by atoms with Crippen molar-refractivity contribution < 1.29 is 17.0 Å². The molecule has 2 aromatic carbocycles. The van der Waals surface area contributed by atoms with Crippen molar-refractivity contribution >= 4 is 43.1 Å². The molecule has 5 aromatic rings. The first kappa shape index (κ1) is 22.6. The topological polar surface area (TPSA) is 94.1 Å². The zero-order valence-electron chi connectivity index (χ0n) is 18.9. The summed E-state index contributed by atoms with van der Waals surface area (Å²) >= 11 is 0. The van der Waals surface area contributed by atoms with E-state index in [1.165, 1.54) is 12.3 Å². The highest BCUT2D eigenvalue weighted by Gasteiger charge is 2.20. The molecule has 3 aromatic heterocycles. The van der Waals surface area contributed by atoms with Crippen LogP contribution in [0.4, 0.5) is 3.89 Å². The van der Waals surface area contributed by atoms with Gasteiger partial charge in [0.05, 0.1) is 22.9 Å². The summed E-state index contributed by atoms with van der Waals surface area (Å²) in [5.41, 5.74) is 3.36. The lowest BCUT2D eigenvalue weighted by Crippen LogP contribution is -2.11. The monoisotopic (exact) mass is 489 g/mol. The van der Waals surface area contributed by atoms with Crippen molar-refractivity contribution in [2.24, 2.45) is 0 Å². The van der Waals surface area contributed by atoms with Crippen molar-refractivity contribution in [1.82, 2.24) is 14.5 Å². The summed E-state index contributed by atoms with van der Waals surface area (Å²) in [6.45, 7) is 4.59. The van der Waals surface area contributed by atoms with Crippen molar-refractivity contribution in [1.29, 1.82) is 0 Å². The number of fused-ring (bicyclic) bond motifs is 4. The van der Waals surface area contributed by atoms with E-state index in [-0.39, 0.29) is 5.43 Å². The summed E-state index contributed by atoms with van der Waals surface area (Å²) in [7, 11) is -4.95. The van der Waals surface area contributed by atoms with Crippen LogP contribution in [0.15, 0.2) is 58.5 Å². The van der Waals surface area contributed by atoms with E-state index in [9.17, 15) is 17.1 Å². The second-order valence-corrected chi connectivity index (χ2v) is 9.32. The van der Waals surface area contributed by atoms with Crippen molar-refractivity contribution in [3.05, 3.63) is 64.6 Å². The van der Waals surface area contributed by atoms with Gasteiger partial charge in [-0.1, -0.05) is 12.0 Å². The smallest absolute Gasteiger partial charge is 0.333 e. The number of rotatable bonds is 5. The summed E-state index contributed by atoms with van der Waals surface area (Å²) in [6, 6.07) is 10.0. The van der Waals surface area contributed by atoms with E-state index in [1.54, 1.807) is 25.1 Å². The Balaban J connectivity index is 1.90. The summed E-state index contributed by atoms with van der Waals surface area (Å²) in [4.78, 5) is 20.4. The Morgan fingerprint density at radius 3 is 2.63 bits per heavy atom. The van der Waals surface area contributed by atoms with E-state index < -0.39 is 15.1 Å². The molecular formula is C26H20FN3O4S. The van der Waals surface area contributed by atoms with Crippen LogP contribution >= 0.6 is 0 Å². The number of aromatic nitrogens is 3. The van der Waals surface area contributed by atoms with Crippen LogP contribution < -0.4 is 10.2 Å². The Morgan fingerprint density at radius 2 is 1.94 bits per heavy atom. The normalized spacial score (nSPS) is 11.8. The van der Waals surface area contributed by atoms with Crippen LogP contribution in [0.1, 0.15) is 19.4 Å². The minimum atomic E-state index is -4.95. The zero-order valence-corrected chi connectivity index (χ0v) is 19.7. The fourth-order valence-electron chi connectivity index (χ4n) is 4.46. The van der Waals surface area contributed by atoms with E-state index in [2.05, 4.69) is 15.9 Å². The summed E-state index contributed by atoms with van der Waals surface area (Å²) in [6.07, 6.45) is 7.92. The molecule has 0 bridgehead atoms. The van der Waals surface area contributed by atoms with E-state index in [1.807, 2.05) is 23.6 Å². The number of halogens is 1. The molecule has 0 radical (unpaired) electrons. The van der Waals surface area contributed by atoms with Gasteiger partial charge < -0.3 is 14.3 Å². The molecule has 0 saturated heterocycles. The third-order valence-electron chi connectivity index (χ3n) is 6.00. The highest BCUT2D eigenvalue weighted by molar-refractivity contribution is 7.86. The molecule has 0 aliphatic rings. The third kappa shape index (κ3) is 3.63. The summed E-state index contributed by atoms with van der Waals surface area (Å²) in [5.74, 6) is 2.97. The Hall–Kier alpha value is -4.16. The largest absolute Gasteiger partial charge is 0.493 e. The third-order valence-corrected chi connectivity index (χ3v) is 6.78. The van der Waals surface area contributed by atoms with Crippen LogP contribution in [-0.4, -0.2) is 29.6 Å². The highest BCUT2D eigenvalue weighted by Crippen LogP contribution is 2.36. The quantitative estimate of drug-likeness (QED) is 0.284. The Kier molecular flexibility index (Phi) is 5.33. The number of pyridine rings is 2. The average molecular weight is 490 g/mol. The lowest BCUT2D eigenvalue weighted by atomic mass is 10.0. The number of aromatic amines is 1. The minimum Gasteiger partial charge on any atom is -0.493 e. The van der Waals surface area contributed by atoms with Crippen molar-refractivity contribution in [2.45, 2.75) is 25.3 Å². The molecule has 9 heteroatoms. The molecule has 1 N–H and O–H groups in total. The molecular weight excluding hydrogens is 469 g/mol. The second kappa shape index (κ2) is 8.25. The Labute approximate surface area is 200 Å². The fourth-order valence-corrected chi connectivity index (χ4v) is 4.92. The molecule has 7 nitrogen and oxygen atoms in total. The van der Waals surface area contributed by atoms with Gasteiger partial charge in [0, 0.05) is 46.5 Å². The molecule has 35 heavy (non-hydrogen) atoms. The number of hydrogen-bond acceptors (Lipinski definition) is 5. The van der Waals surface area contributed by atoms with Gasteiger partial charge in [-0.15, -0.1) is 10.3 Å². The number of hydrogen-bond donors (Lipinski definition) is 1. The number of aryl methyl sites for hydroxylation is 1. The highest BCUT2D eigenvalue weighted by atomic mass is 32.3. The minimum absolute atomic E-state index is 0.176. The molecule has 0 atom stereocenters. The van der Waals surface area contributed by atoms with Crippen molar-refractivity contribution in [3.63, 3.8) is 0 Å². The summed E-state index contributed by atoms with van der Waals surface area (Å²) in [5, 5.41) is 1.75. The maximum Gasteiger partial charge on any atom is 0.333 e. The van der Waals surface area contributed by atoms with E-state index in [0.717, 1.165) is 17.1 Å². The van der Waals surface area contributed by atoms with Crippen LogP contribution in [-0.2, 0) is 16.8 Å². The number of nitrogens with one attached hydrogen (secondary N) is 1. The number of benzene rings is 2. The summed E-state index contributed by atoms with van der Waals surface area (Å²) < 4.78 is 44.4. The lowest BCUT2D eigenvalue weighted by molar-refractivity contribution is 0.342. The molecule has 0 aliphatic heterocycles. The first-order chi connectivity index (χ1) is 16.8. The van der Waals surface area contributed by atoms with Crippen LogP contribution in [0.3, 0.4) is 0 Å². The molecule has 0 aliphatic carbocycles. The molecule has 176 valence electrons. The van der Waals surface area contributed by atoms with Gasteiger partial charge in [0.25, 0.3) is 0 Å². The van der Waals surface area contributed by atoms with Gasteiger partial charge in [0.15, 0.2) is 5.43 Å². The number of H-pyrrole nitrogens is 1. The SMILES string of the molecule is C#Cc1ccc2c(c1)[nH]c1c2c(=O)c2cc(OCC)c(-c3cncc(S(=O)(=O)F)c3)cc2n1CC. The lowest BCUT2D eigenvalue weighted by Gasteiger charge is -2.16. The second-order valence-electron chi connectivity index (χ2n) is 7.97. The maximum absolute atomic E-state index is 13.7. The maximum atomic E-state index is 13.7. The molecule has 0 amide bonds. The number of terminal acetylenes is 1. The molecule has 3 heterocycles. The predicted molar refractivity (Wildman–Crippen MR) is 134 cm³/mol. The van der Waals surface area contributed by atoms with Gasteiger partial charge in [0.1, 0.15) is 16.3 Å². The van der Waals surface area contributed by atoms with Gasteiger partial charge in [-0.2, -0.15) is 8.42 Å².